The number of aromatic nitrogens is 1. The van der Waals surface area contributed by atoms with E-state index in [4.69, 9.17) is 0 Å². The largest absolute Gasteiger partial charge is 0.350 e. The number of hydrogen-bond acceptors (Lipinski definition) is 2. The van der Waals surface area contributed by atoms with Crippen LogP contribution in [0.1, 0.15) is 41.9 Å². The molecule has 0 spiro atoms. The molecule has 1 aromatic heterocycles. The molecule has 2 N–H and O–H groups in total. The SMILES string of the molecule is CC(=O)c1ccccc1NC(=O)C[NH+]1CCC[C@H]1c1cccn1C. The molecule has 1 aliphatic rings. The fourth-order valence-electron chi connectivity index (χ4n) is 3.62. The van der Waals surface area contributed by atoms with E-state index in [0.29, 0.717) is 23.8 Å². The number of Topliss-reactive ketones (excluding diaryl/α,β-unsaturated/α-hetero) is 1. The average Bonchev–Trinajstić information content (AvgIpc) is 3.16. The topological polar surface area (TPSA) is 55.5 Å². The molecule has 2 heterocycles. The molecule has 126 valence electrons. The molecule has 0 aliphatic carbocycles. The Labute approximate surface area is 142 Å². The molecule has 0 saturated carbocycles. The van der Waals surface area contributed by atoms with Crippen LogP contribution in [0.3, 0.4) is 0 Å². The molecule has 2 aromatic rings. The lowest BCUT2D eigenvalue weighted by Gasteiger charge is -2.22. The number of rotatable bonds is 5. The zero-order valence-electron chi connectivity index (χ0n) is 14.2. The van der Waals surface area contributed by atoms with Gasteiger partial charge in [0.05, 0.1) is 17.9 Å². The summed E-state index contributed by atoms with van der Waals surface area (Å²) in [4.78, 5) is 25.5. The van der Waals surface area contributed by atoms with Crippen molar-refractivity contribution < 1.29 is 14.5 Å². The number of carbonyl (C=O) groups is 2. The smallest absolute Gasteiger partial charge is 0.279 e. The lowest BCUT2D eigenvalue weighted by Crippen LogP contribution is -3.11. The number of ketones is 1. The van der Waals surface area contributed by atoms with Gasteiger partial charge in [-0.05, 0) is 31.2 Å². The third-order valence-corrected chi connectivity index (χ3v) is 4.79. The van der Waals surface area contributed by atoms with Gasteiger partial charge in [-0.1, -0.05) is 12.1 Å². The van der Waals surface area contributed by atoms with Gasteiger partial charge < -0.3 is 14.8 Å². The molecule has 1 aliphatic heterocycles. The van der Waals surface area contributed by atoms with Crippen LogP contribution in [0, 0.1) is 0 Å². The highest BCUT2D eigenvalue weighted by Gasteiger charge is 2.33. The third-order valence-electron chi connectivity index (χ3n) is 4.79. The number of benzene rings is 1. The van der Waals surface area contributed by atoms with Crippen molar-refractivity contribution in [2.45, 2.75) is 25.8 Å². The number of hydrogen-bond donors (Lipinski definition) is 2. The first-order chi connectivity index (χ1) is 11.6. The summed E-state index contributed by atoms with van der Waals surface area (Å²) in [7, 11) is 2.05. The highest BCUT2D eigenvalue weighted by Crippen LogP contribution is 2.19. The molecular weight excluding hydrogens is 302 g/mol. The monoisotopic (exact) mass is 326 g/mol. The first kappa shape index (κ1) is 16.5. The number of anilines is 1. The standard InChI is InChI=1S/C19H23N3O2/c1-14(23)15-7-3-4-8-16(15)20-19(24)13-22-12-6-10-18(22)17-9-5-11-21(17)2/h3-5,7-9,11,18H,6,10,12-13H2,1-2H3,(H,20,24)/p+1/t18-/m0/s1. The van der Waals surface area contributed by atoms with Crippen molar-refractivity contribution >= 4 is 17.4 Å². The lowest BCUT2D eigenvalue weighted by atomic mass is 10.1. The number of para-hydroxylation sites is 1. The molecule has 1 amide bonds. The Bertz CT molecular complexity index is 751. The van der Waals surface area contributed by atoms with Crippen LogP contribution < -0.4 is 10.2 Å². The van der Waals surface area contributed by atoms with Crippen LogP contribution >= 0.6 is 0 Å². The van der Waals surface area contributed by atoms with Crippen LogP contribution in [0.5, 0.6) is 0 Å². The molecule has 1 aromatic carbocycles. The number of amides is 1. The Balaban J connectivity index is 1.69. The Morgan fingerprint density at radius 1 is 1.25 bits per heavy atom. The van der Waals surface area contributed by atoms with E-state index in [9.17, 15) is 9.59 Å². The van der Waals surface area contributed by atoms with Crippen LogP contribution in [-0.4, -0.2) is 29.3 Å². The zero-order valence-corrected chi connectivity index (χ0v) is 14.2. The fourth-order valence-corrected chi connectivity index (χ4v) is 3.62. The highest BCUT2D eigenvalue weighted by molar-refractivity contribution is 6.03. The van der Waals surface area contributed by atoms with E-state index >= 15 is 0 Å². The van der Waals surface area contributed by atoms with Crippen molar-refractivity contribution in [3.05, 3.63) is 53.9 Å². The Hall–Kier alpha value is -2.40. The minimum absolute atomic E-state index is 0.0406. The summed E-state index contributed by atoms with van der Waals surface area (Å²) in [5, 5.41) is 2.91. The number of aryl methyl sites for hydroxylation is 1. The van der Waals surface area contributed by atoms with Gasteiger partial charge in [0.2, 0.25) is 0 Å². The molecule has 0 radical (unpaired) electrons. The Kier molecular flexibility index (Phi) is 4.81. The van der Waals surface area contributed by atoms with Crippen molar-refractivity contribution in [3.8, 4) is 0 Å². The predicted molar refractivity (Wildman–Crippen MR) is 93.2 cm³/mol. The number of nitrogens with one attached hydrogen (secondary N) is 2. The molecule has 1 fully saturated rings. The van der Waals surface area contributed by atoms with E-state index in [1.807, 2.05) is 12.1 Å². The molecular formula is C19H24N3O2+. The molecule has 5 nitrogen and oxygen atoms in total. The van der Waals surface area contributed by atoms with Gasteiger partial charge >= 0.3 is 0 Å². The summed E-state index contributed by atoms with van der Waals surface area (Å²) in [5.41, 5.74) is 2.43. The lowest BCUT2D eigenvalue weighted by molar-refractivity contribution is -0.910. The summed E-state index contributed by atoms with van der Waals surface area (Å²) in [5.74, 6) is -0.0825. The summed E-state index contributed by atoms with van der Waals surface area (Å²) < 4.78 is 2.14. The maximum atomic E-state index is 12.5. The van der Waals surface area contributed by atoms with E-state index in [1.54, 1.807) is 12.1 Å². The summed E-state index contributed by atoms with van der Waals surface area (Å²) in [6.07, 6.45) is 4.28. The quantitative estimate of drug-likeness (QED) is 0.820. The van der Waals surface area contributed by atoms with E-state index in [2.05, 4.69) is 35.3 Å². The molecule has 5 heteroatoms. The average molecular weight is 326 g/mol. The normalized spacial score (nSPS) is 20.1. The van der Waals surface area contributed by atoms with E-state index in [-0.39, 0.29) is 11.7 Å². The van der Waals surface area contributed by atoms with Crippen molar-refractivity contribution in [2.24, 2.45) is 7.05 Å². The van der Waals surface area contributed by atoms with Gasteiger partial charge in [0, 0.05) is 31.6 Å². The van der Waals surface area contributed by atoms with E-state index in [0.717, 1.165) is 19.4 Å². The van der Waals surface area contributed by atoms with Gasteiger partial charge in [-0.2, -0.15) is 0 Å². The molecule has 0 bridgehead atoms. The van der Waals surface area contributed by atoms with Gasteiger partial charge in [0.25, 0.3) is 5.91 Å². The minimum atomic E-state index is -0.0418. The third kappa shape index (κ3) is 3.41. The van der Waals surface area contributed by atoms with Crippen LogP contribution in [0.15, 0.2) is 42.6 Å². The summed E-state index contributed by atoms with van der Waals surface area (Å²) in [6.45, 7) is 2.93. The highest BCUT2D eigenvalue weighted by atomic mass is 16.2. The summed E-state index contributed by atoms with van der Waals surface area (Å²) in [6, 6.07) is 11.7. The number of quaternary nitrogens is 1. The summed E-state index contributed by atoms with van der Waals surface area (Å²) >= 11 is 0. The van der Waals surface area contributed by atoms with Crippen LogP contribution in [0.25, 0.3) is 0 Å². The van der Waals surface area contributed by atoms with Crippen LogP contribution in [0.2, 0.25) is 0 Å². The van der Waals surface area contributed by atoms with E-state index in [1.165, 1.54) is 17.5 Å². The van der Waals surface area contributed by atoms with Gasteiger partial charge in [-0.3, -0.25) is 9.59 Å². The van der Waals surface area contributed by atoms with Gasteiger partial charge in [0.15, 0.2) is 12.3 Å². The van der Waals surface area contributed by atoms with E-state index < -0.39 is 0 Å². The second-order valence-electron chi connectivity index (χ2n) is 6.47. The number of nitrogens with zero attached hydrogens (tertiary/aromatic N) is 1. The number of carbonyl (C=O) groups excluding carboxylic acids is 2. The molecule has 24 heavy (non-hydrogen) atoms. The number of likely N-dealkylation sites (tertiary alicyclic amines) is 1. The van der Waals surface area contributed by atoms with Crippen molar-refractivity contribution in [3.63, 3.8) is 0 Å². The van der Waals surface area contributed by atoms with Crippen molar-refractivity contribution in [1.82, 2.24) is 4.57 Å². The predicted octanol–water partition coefficient (Wildman–Crippen LogP) is 1.59. The maximum absolute atomic E-state index is 12.5. The second kappa shape index (κ2) is 7.01. The van der Waals surface area contributed by atoms with Crippen LogP contribution in [0.4, 0.5) is 5.69 Å². The molecule has 1 saturated heterocycles. The Morgan fingerprint density at radius 3 is 2.75 bits per heavy atom. The Morgan fingerprint density at radius 2 is 2.04 bits per heavy atom. The van der Waals surface area contributed by atoms with Gasteiger partial charge in [-0.25, -0.2) is 0 Å². The van der Waals surface area contributed by atoms with Crippen molar-refractivity contribution in [2.75, 3.05) is 18.4 Å². The van der Waals surface area contributed by atoms with Gasteiger partial charge in [0.1, 0.15) is 6.04 Å². The maximum Gasteiger partial charge on any atom is 0.279 e. The zero-order chi connectivity index (χ0) is 17.1. The second-order valence-corrected chi connectivity index (χ2v) is 6.47. The molecule has 2 atom stereocenters. The van der Waals surface area contributed by atoms with Crippen molar-refractivity contribution in [1.29, 1.82) is 0 Å². The molecule has 1 unspecified atom stereocenters. The first-order valence-electron chi connectivity index (χ1n) is 8.42. The fraction of sp³-hybridized carbons (Fsp3) is 0.368. The van der Waals surface area contributed by atoms with Crippen LogP contribution in [-0.2, 0) is 11.8 Å². The van der Waals surface area contributed by atoms with Gasteiger partial charge in [-0.15, -0.1) is 0 Å². The first-order valence-corrected chi connectivity index (χ1v) is 8.42. The minimum Gasteiger partial charge on any atom is -0.350 e. The molecule has 3 rings (SSSR count).